The summed E-state index contributed by atoms with van der Waals surface area (Å²) in [4.78, 5) is 0. The molecule has 0 amide bonds. The van der Waals surface area contributed by atoms with E-state index in [1.54, 1.807) is 0 Å². The standard InChI is InChI=1S/C10H16O.C2H6/c1-9(2)7-8-11-10(9)5-3-4-6-10;1-2/h7-8H,3-6H2,1-2H3;1-2H3. The minimum absolute atomic E-state index is 0.174. The third kappa shape index (κ3) is 1.61. The van der Waals surface area contributed by atoms with Crippen molar-refractivity contribution in [1.82, 2.24) is 0 Å². The SMILES string of the molecule is CC.CC1(C)C=COC12CCCC2. The van der Waals surface area contributed by atoms with E-state index in [2.05, 4.69) is 19.9 Å². The predicted octanol–water partition coefficient (Wildman–Crippen LogP) is 3.90. The Morgan fingerprint density at radius 2 is 1.62 bits per heavy atom. The van der Waals surface area contributed by atoms with E-state index in [1.165, 1.54) is 25.7 Å². The Morgan fingerprint density at radius 3 is 2.00 bits per heavy atom. The molecule has 1 nitrogen and oxygen atoms in total. The Bertz CT molecular complexity index is 185. The van der Waals surface area contributed by atoms with Gasteiger partial charge in [0.25, 0.3) is 0 Å². The molecule has 0 atom stereocenters. The number of rotatable bonds is 0. The van der Waals surface area contributed by atoms with Crippen LogP contribution >= 0.6 is 0 Å². The van der Waals surface area contributed by atoms with Crippen molar-refractivity contribution in [3.63, 3.8) is 0 Å². The first-order chi connectivity index (χ1) is 6.16. The summed E-state index contributed by atoms with van der Waals surface area (Å²) in [6.07, 6.45) is 9.26. The van der Waals surface area contributed by atoms with Gasteiger partial charge in [-0.15, -0.1) is 0 Å². The summed E-state index contributed by atoms with van der Waals surface area (Å²) in [6.45, 7) is 8.56. The highest BCUT2D eigenvalue weighted by atomic mass is 16.5. The van der Waals surface area contributed by atoms with Gasteiger partial charge in [-0.05, 0) is 31.8 Å². The van der Waals surface area contributed by atoms with Crippen molar-refractivity contribution in [3.05, 3.63) is 12.3 Å². The maximum atomic E-state index is 5.74. The summed E-state index contributed by atoms with van der Waals surface area (Å²) in [5, 5.41) is 0. The first-order valence-electron chi connectivity index (χ1n) is 5.52. The van der Waals surface area contributed by atoms with E-state index in [-0.39, 0.29) is 11.0 Å². The molecule has 0 saturated heterocycles. The fraction of sp³-hybridized carbons (Fsp3) is 0.833. The van der Waals surface area contributed by atoms with E-state index >= 15 is 0 Å². The molecule has 0 aromatic heterocycles. The Balaban J connectivity index is 0.000000396. The van der Waals surface area contributed by atoms with Crippen LogP contribution in [0.5, 0.6) is 0 Å². The summed E-state index contributed by atoms with van der Waals surface area (Å²) in [6, 6.07) is 0. The molecule has 76 valence electrons. The molecule has 1 heteroatoms. The van der Waals surface area contributed by atoms with Gasteiger partial charge in [-0.25, -0.2) is 0 Å². The van der Waals surface area contributed by atoms with Crippen molar-refractivity contribution in [2.45, 2.75) is 59.0 Å². The van der Waals surface area contributed by atoms with E-state index in [1.807, 2.05) is 20.1 Å². The van der Waals surface area contributed by atoms with E-state index in [9.17, 15) is 0 Å². The Labute approximate surface area is 82.2 Å². The Hall–Kier alpha value is -0.460. The number of hydrogen-bond donors (Lipinski definition) is 0. The maximum Gasteiger partial charge on any atom is 0.117 e. The lowest BCUT2D eigenvalue weighted by atomic mass is 9.75. The zero-order chi connectivity index (χ0) is 9.95. The average Bonchev–Trinajstić information content (AvgIpc) is 2.67. The van der Waals surface area contributed by atoms with E-state index in [0.29, 0.717) is 0 Å². The lowest BCUT2D eigenvalue weighted by molar-refractivity contribution is -0.0212. The van der Waals surface area contributed by atoms with Crippen molar-refractivity contribution in [3.8, 4) is 0 Å². The fourth-order valence-corrected chi connectivity index (χ4v) is 2.35. The van der Waals surface area contributed by atoms with Gasteiger partial charge in [0.2, 0.25) is 0 Å². The molecule has 13 heavy (non-hydrogen) atoms. The minimum atomic E-state index is 0.174. The van der Waals surface area contributed by atoms with E-state index in [0.717, 1.165) is 0 Å². The van der Waals surface area contributed by atoms with Gasteiger partial charge in [0.05, 0.1) is 6.26 Å². The van der Waals surface area contributed by atoms with Gasteiger partial charge >= 0.3 is 0 Å². The van der Waals surface area contributed by atoms with Crippen molar-refractivity contribution < 1.29 is 4.74 Å². The Morgan fingerprint density at radius 1 is 1.08 bits per heavy atom. The van der Waals surface area contributed by atoms with Gasteiger partial charge in [-0.1, -0.05) is 27.7 Å². The van der Waals surface area contributed by atoms with Crippen molar-refractivity contribution >= 4 is 0 Å². The van der Waals surface area contributed by atoms with Crippen LogP contribution in [0, 0.1) is 5.41 Å². The zero-order valence-electron chi connectivity index (χ0n) is 9.39. The van der Waals surface area contributed by atoms with E-state index in [4.69, 9.17) is 4.74 Å². The smallest absolute Gasteiger partial charge is 0.117 e. The third-order valence-corrected chi connectivity index (χ3v) is 3.36. The zero-order valence-corrected chi connectivity index (χ0v) is 9.39. The van der Waals surface area contributed by atoms with Crippen LogP contribution in [0.4, 0.5) is 0 Å². The molecule has 0 unspecified atom stereocenters. The lowest BCUT2D eigenvalue weighted by Crippen LogP contribution is -2.38. The highest BCUT2D eigenvalue weighted by Crippen LogP contribution is 2.50. The highest BCUT2D eigenvalue weighted by molar-refractivity contribution is 5.13. The Kier molecular flexibility index (Phi) is 3.05. The fourth-order valence-electron chi connectivity index (χ4n) is 2.35. The topological polar surface area (TPSA) is 9.23 Å². The van der Waals surface area contributed by atoms with Gasteiger partial charge in [0, 0.05) is 5.41 Å². The minimum Gasteiger partial charge on any atom is -0.494 e. The normalized spacial score (nSPS) is 26.8. The molecule has 1 aliphatic heterocycles. The van der Waals surface area contributed by atoms with E-state index < -0.39 is 0 Å². The van der Waals surface area contributed by atoms with Gasteiger partial charge in [0.1, 0.15) is 5.60 Å². The van der Waals surface area contributed by atoms with Crippen molar-refractivity contribution in [2.75, 3.05) is 0 Å². The molecule has 1 spiro atoms. The second-order valence-corrected chi connectivity index (χ2v) is 4.34. The molecule has 1 saturated carbocycles. The van der Waals surface area contributed by atoms with Gasteiger partial charge in [0.15, 0.2) is 0 Å². The molecular formula is C12H22O. The molecule has 0 N–H and O–H groups in total. The first kappa shape index (κ1) is 10.6. The van der Waals surface area contributed by atoms with Gasteiger partial charge in [-0.2, -0.15) is 0 Å². The summed E-state index contributed by atoms with van der Waals surface area (Å²) in [5.74, 6) is 0. The number of ether oxygens (including phenoxy) is 1. The van der Waals surface area contributed by atoms with Crippen molar-refractivity contribution in [1.29, 1.82) is 0 Å². The molecule has 0 radical (unpaired) electrons. The van der Waals surface area contributed by atoms with Crippen LogP contribution in [-0.2, 0) is 4.74 Å². The second kappa shape index (κ2) is 3.73. The quantitative estimate of drug-likeness (QED) is 0.552. The van der Waals surface area contributed by atoms with Crippen LogP contribution in [-0.4, -0.2) is 5.60 Å². The summed E-state index contributed by atoms with van der Waals surface area (Å²) in [7, 11) is 0. The summed E-state index contributed by atoms with van der Waals surface area (Å²) >= 11 is 0. The number of hydrogen-bond acceptors (Lipinski definition) is 1. The van der Waals surface area contributed by atoms with Crippen LogP contribution in [0.15, 0.2) is 12.3 Å². The second-order valence-electron chi connectivity index (χ2n) is 4.34. The van der Waals surface area contributed by atoms with Crippen LogP contribution < -0.4 is 0 Å². The maximum absolute atomic E-state index is 5.74. The lowest BCUT2D eigenvalue weighted by Gasteiger charge is -2.36. The van der Waals surface area contributed by atoms with Crippen molar-refractivity contribution in [2.24, 2.45) is 5.41 Å². The predicted molar refractivity (Wildman–Crippen MR) is 56.6 cm³/mol. The highest BCUT2D eigenvalue weighted by Gasteiger charge is 2.49. The molecule has 2 rings (SSSR count). The van der Waals surface area contributed by atoms with Crippen LogP contribution in [0.25, 0.3) is 0 Å². The molecule has 1 fully saturated rings. The first-order valence-corrected chi connectivity index (χ1v) is 5.52. The van der Waals surface area contributed by atoms with Crippen LogP contribution in [0.1, 0.15) is 53.4 Å². The molecule has 1 aliphatic carbocycles. The molecule has 1 heterocycles. The molecule has 0 aromatic carbocycles. The molecule has 0 bridgehead atoms. The van der Waals surface area contributed by atoms with Crippen LogP contribution in [0.3, 0.4) is 0 Å². The molecule has 2 aliphatic rings. The summed E-state index contributed by atoms with van der Waals surface area (Å²) < 4.78 is 5.74. The monoisotopic (exact) mass is 182 g/mol. The van der Waals surface area contributed by atoms with Crippen LogP contribution in [0.2, 0.25) is 0 Å². The van der Waals surface area contributed by atoms with Gasteiger partial charge in [-0.3, -0.25) is 0 Å². The van der Waals surface area contributed by atoms with Gasteiger partial charge < -0.3 is 4.74 Å². The average molecular weight is 182 g/mol. The summed E-state index contributed by atoms with van der Waals surface area (Å²) in [5.41, 5.74) is 0.441. The largest absolute Gasteiger partial charge is 0.494 e. The molecule has 0 aromatic rings. The molecular weight excluding hydrogens is 160 g/mol. The third-order valence-electron chi connectivity index (χ3n) is 3.36.